The molecule has 35 heavy (non-hydrogen) atoms. The van der Waals surface area contributed by atoms with Crippen LogP contribution < -0.4 is 10.2 Å². The molecule has 0 saturated heterocycles. The van der Waals surface area contributed by atoms with E-state index < -0.39 is 21.2 Å². The monoisotopic (exact) mass is 510 g/mol. The Balaban J connectivity index is 1.65. The number of ether oxygens (including phenoxy) is 1. The van der Waals surface area contributed by atoms with Crippen molar-refractivity contribution >= 4 is 57.3 Å². The van der Waals surface area contributed by atoms with Gasteiger partial charge in [0.15, 0.2) is 0 Å². The van der Waals surface area contributed by atoms with Crippen molar-refractivity contribution in [1.82, 2.24) is 0 Å². The summed E-state index contributed by atoms with van der Waals surface area (Å²) < 4.78 is 6.03. The van der Waals surface area contributed by atoms with E-state index in [1.54, 1.807) is 24.3 Å². The first-order chi connectivity index (χ1) is 16.8. The molecule has 1 N–H and O–H groups in total. The number of hydrogen-bond donors (Lipinski definition) is 1. The van der Waals surface area contributed by atoms with Crippen LogP contribution in [0.2, 0.25) is 10.0 Å². The highest BCUT2D eigenvalue weighted by molar-refractivity contribution is 6.35. The highest BCUT2D eigenvalue weighted by Crippen LogP contribution is 2.31. The first-order valence-electron chi connectivity index (χ1n) is 10.1. The standard InChI is InChI=1S/C24H16Cl2N4O5/c25-17-7-5-16(21(26)11-17)14-35-24-10-6-15-3-1-2-4-19(15)20(24)13-27-28-22-9-8-18(29(31)32)12-23(22)30(33)34/h1-13,28H,14H2/b27-13+. The number of fused-ring (bicyclic) bond motifs is 1. The van der Waals surface area contributed by atoms with Gasteiger partial charge in [-0.1, -0.05) is 59.6 Å². The van der Waals surface area contributed by atoms with Gasteiger partial charge in [0.2, 0.25) is 0 Å². The van der Waals surface area contributed by atoms with Crippen LogP contribution in [0.15, 0.2) is 77.9 Å². The van der Waals surface area contributed by atoms with Crippen molar-refractivity contribution in [2.75, 3.05) is 5.43 Å². The summed E-state index contributed by atoms with van der Waals surface area (Å²) in [5.41, 5.74) is 3.12. The Hall–Kier alpha value is -4.21. The third kappa shape index (κ3) is 5.48. The smallest absolute Gasteiger partial charge is 0.301 e. The van der Waals surface area contributed by atoms with Crippen molar-refractivity contribution in [1.29, 1.82) is 0 Å². The molecule has 0 heterocycles. The molecule has 0 bridgehead atoms. The SMILES string of the molecule is O=[N+]([O-])c1ccc(N/N=C/c2c(OCc3ccc(Cl)cc3Cl)ccc3ccccc23)c([N+](=O)[O-])c1. The summed E-state index contributed by atoms with van der Waals surface area (Å²) in [7, 11) is 0. The number of nitrogens with one attached hydrogen (secondary N) is 1. The molecule has 0 aliphatic rings. The second-order valence-corrected chi connectivity index (χ2v) is 8.15. The van der Waals surface area contributed by atoms with Gasteiger partial charge in [-0.25, -0.2) is 0 Å². The molecule has 176 valence electrons. The van der Waals surface area contributed by atoms with Gasteiger partial charge >= 0.3 is 5.69 Å². The summed E-state index contributed by atoms with van der Waals surface area (Å²) >= 11 is 12.2. The van der Waals surface area contributed by atoms with E-state index in [0.29, 0.717) is 21.4 Å². The number of nitro groups is 2. The zero-order valence-electron chi connectivity index (χ0n) is 17.9. The molecule has 11 heteroatoms. The molecule has 4 aromatic rings. The number of hydrazone groups is 1. The minimum absolute atomic E-state index is 0.00695. The number of nitrogens with zero attached hydrogens (tertiary/aromatic N) is 3. The topological polar surface area (TPSA) is 120 Å². The molecule has 0 saturated carbocycles. The highest BCUT2D eigenvalue weighted by Gasteiger charge is 2.19. The quantitative estimate of drug-likeness (QED) is 0.155. The molecular weight excluding hydrogens is 495 g/mol. The van der Waals surface area contributed by atoms with Crippen LogP contribution in [0.4, 0.5) is 17.1 Å². The fourth-order valence-electron chi connectivity index (χ4n) is 3.37. The van der Waals surface area contributed by atoms with Gasteiger partial charge in [0.25, 0.3) is 5.69 Å². The van der Waals surface area contributed by atoms with Gasteiger partial charge in [-0.3, -0.25) is 25.7 Å². The molecule has 0 radical (unpaired) electrons. The lowest BCUT2D eigenvalue weighted by Gasteiger charge is -2.13. The van der Waals surface area contributed by atoms with E-state index in [2.05, 4.69) is 10.5 Å². The average molecular weight is 511 g/mol. The summed E-state index contributed by atoms with van der Waals surface area (Å²) in [6, 6.07) is 19.7. The maximum Gasteiger partial charge on any atom is 0.301 e. The van der Waals surface area contributed by atoms with E-state index in [4.69, 9.17) is 27.9 Å². The molecule has 4 aromatic carbocycles. The average Bonchev–Trinajstić information content (AvgIpc) is 2.84. The predicted molar refractivity (Wildman–Crippen MR) is 136 cm³/mol. The van der Waals surface area contributed by atoms with Gasteiger partial charge in [-0.2, -0.15) is 5.10 Å². The van der Waals surface area contributed by atoms with Crippen LogP contribution in [-0.2, 0) is 6.61 Å². The van der Waals surface area contributed by atoms with Gasteiger partial charge in [0, 0.05) is 27.2 Å². The van der Waals surface area contributed by atoms with Crippen LogP contribution in [0.3, 0.4) is 0 Å². The number of halogens is 2. The minimum Gasteiger partial charge on any atom is -0.488 e. The zero-order valence-corrected chi connectivity index (χ0v) is 19.4. The molecule has 0 unspecified atom stereocenters. The van der Waals surface area contributed by atoms with Crippen LogP contribution in [0.5, 0.6) is 5.75 Å². The van der Waals surface area contributed by atoms with E-state index in [0.717, 1.165) is 28.5 Å². The van der Waals surface area contributed by atoms with Gasteiger partial charge in [0.05, 0.1) is 22.1 Å². The van der Waals surface area contributed by atoms with Crippen LogP contribution in [0.1, 0.15) is 11.1 Å². The van der Waals surface area contributed by atoms with Crippen molar-refractivity contribution in [3.63, 3.8) is 0 Å². The maximum absolute atomic E-state index is 11.4. The Kier molecular flexibility index (Phi) is 7.09. The number of rotatable bonds is 8. The normalized spacial score (nSPS) is 11.0. The van der Waals surface area contributed by atoms with E-state index in [9.17, 15) is 20.2 Å². The van der Waals surface area contributed by atoms with E-state index in [1.165, 1.54) is 12.3 Å². The molecule has 0 spiro atoms. The Morgan fingerprint density at radius 2 is 1.74 bits per heavy atom. The van der Waals surface area contributed by atoms with E-state index in [-0.39, 0.29) is 12.3 Å². The maximum atomic E-state index is 11.4. The molecule has 0 aliphatic carbocycles. The molecule has 0 amide bonds. The lowest BCUT2D eigenvalue weighted by Crippen LogP contribution is -2.01. The summed E-state index contributed by atoms with van der Waals surface area (Å²) in [6.45, 7) is 0.177. The molecule has 9 nitrogen and oxygen atoms in total. The van der Waals surface area contributed by atoms with Crippen molar-refractivity contribution in [3.8, 4) is 5.75 Å². The predicted octanol–water partition coefficient (Wildman–Crippen LogP) is 6.99. The molecule has 0 atom stereocenters. The van der Waals surface area contributed by atoms with Gasteiger partial charge < -0.3 is 4.74 Å². The van der Waals surface area contributed by atoms with Crippen LogP contribution in [0, 0.1) is 20.2 Å². The van der Waals surface area contributed by atoms with Crippen molar-refractivity contribution in [3.05, 3.63) is 114 Å². The second kappa shape index (κ2) is 10.4. The fourth-order valence-corrected chi connectivity index (χ4v) is 3.84. The van der Waals surface area contributed by atoms with E-state index >= 15 is 0 Å². The largest absolute Gasteiger partial charge is 0.488 e. The first-order valence-corrected chi connectivity index (χ1v) is 10.9. The van der Waals surface area contributed by atoms with E-state index in [1.807, 2.05) is 30.3 Å². The second-order valence-electron chi connectivity index (χ2n) is 7.31. The van der Waals surface area contributed by atoms with Crippen LogP contribution in [0.25, 0.3) is 10.8 Å². The van der Waals surface area contributed by atoms with Crippen molar-refractivity contribution in [2.24, 2.45) is 5.10 Å². The third-order valence-electron chi connectivity index (χ3n) is 5.10. The van der Waals surface area contributed by atoms with Crippen molar-refractivity contribution in [2.45, 2.75) is 6.61 Å². The number of nitro benzene ring substituents is 2. The number of anilines is 1. The van der Waals surface area contributed by atoms with Crippen LogP contribution in [-0.4, -0.2) is 16.1 Å². The molecule has 0 aromatic heterocycles. The Labute approximate surface area is 208 Å². The lowest BCUT2D eigenvalue weighted by molar-refractivity contribution is -0.393. The number of non-ortho nitro benzene ring substituents is 1. The van der Waals surface area contributed by atoms with Crippen molar-refractivity contribution < 1.29 is 14.6 Å². The van der Waals surface area contributed by atoms with Gasteiger partial charge in [-0.05, 0) is 35.0 Å². The number of benzene rings is 4. The van der Waals surface area contributed by atoms with Gasteiger partial charge in [-0.15, -0.1) is 0 Å². The summed E-state index contributed by atoms with van der Waals surface area (Å²) in [5, 5.41) is 29.3. The lowest BCUT2D eigenvalue weighted by atomic mass is 10.0. The Morgan fingerprint density at radius 3 is 2.49 bits per heavy atom. The summed E-state index contributed by atoms with van der Waals surface area (Å²) in [5.74, 6) is 0.512. The molecule has 0 fully saturated rings. The molecular formula is C24H16Cl2N4O5. The summed E-state index contributed by atoms with van der Waals surface area (Å²) in [6.07, 6.45) is 1.48. The minimum atomic E-state index is -0.715. The number of hydrogen-bond acceptors (Lipinski definition) is 7. The highest BCUT2D eigenvalue weighted by atomic mass is 35.5. The Bertz CT molecular complexity index is 1480. The Morgan fingerprint density at radius 1 is 0.943 bits per heavy atom. The van der Waals surface area contributed by atoms with Crippen LogP contribution >= 0.6 is 23.2 Å². The molecule has 4 rings (SSSR count). The van der Waals surface area contributed by atoms with Gasteiger partial charge in [0.1, 0.15) is 18.0 Å². The first kappa shape index (κ1) is 23.9. The summed E-state index contributed by atoms with van der Waals surface area (Å²) in [4.78, 5) is 20.9. The zero-order chi connectivity index (χ0) is 24.9. The fraction of sp³-hybridized carbons (Fsp3) is 0.0417. The third-order valence-corrected chi connectivity index (χ3v) is 5.68. The molecule has 0 aliphatic heterocycles.